The molecule has 0 saturated heterocycles. The number of hydrogen-bond donors (Lipinski definition) is 1. The highest BCUT2D eigenvalue weighted by molar-refractivity contribution is 7.92. The summed E-state index contributed by atoms with van der Waals surface area (Å²) in [6.07, 6.45) is 2.55. The van der Waals surface area contributed by atoms with E-state index in [0.29, 0.717) is 32.7 Å². The van der Waals surface area contributed by atoms with Crippen LogP contribution in [0.25, 0.3) is 0 Å². The van der Waals surface area contributed by atoms with Gasteiger partial charge in [-0.25, -0.2) is 13.4 Å². The van der Waals surface area contributed by atoms with E-state index in [1.807, 2.05) is 0 Å². The molecular formula is C20H17Cl2N3O3S. The van der Waals surface area contributed by atoms with Crippen LogP contribution in [0.3, 0.4) is 0 Å². The number of rotatable bonds is 6. The Hall–Kier alpha value is -2.61. The lowest BCUT2D eigenvalue weighted by atomic mass is 10.1. The van der Waals surface area contributed by atoms with Gasteiger partial charge in [-0.2, -0.15) is 0 Å². The maximum atomic E-state index is 12.4. The van der Waals surface area contributed by atoms with Crippen LogP contribution in [0.1, 0.15) is 15.9 Å². The van der Waals surface area contributed by atoms with Crippen LogP contribution in [-0.2, 0) is 16.6 Å². The van der Waals surface area contributed by atoms with Gasteiger partial charge in [0.2, 0.25) is 10.0 Å². The molecule has 0 unspecified atom stereocenters. The fourth-order valence-corrected chi connectivity index (χ4v) is 3.78. The van der Waals surface area contributed by atoms with Gasteiger partial charge in [-0.15, -0.1) is 0 Å². The third kappa shape index (κ3) is 5.47. The molecule has 0 aliphatic carbocycles. The van der Waals surface area contributed by atoms with Gasteiger partial charge in [0.1, 0.15) is 5.82 Å². The maximum absolute atomic E-state index is 12.4. The van der Waals surface area contributed by atoms with E-state index in [4.69, 9.17) is 23.2 Å². The molecule has 6 nitrogen and oxygen atoms in total. The Kier molecular flexibility index (Phi) is 6.42. The summed E-state index contributed by atoms with van der Waals surface area (Å²) in [5.74, 6) is -0.0108. The largest absolute Gasteiger partial charge is 0.307 e. The summed E-state index contributed by atoms with van der Waals surface area (Å²) in [6.45, 7) is 0.0821. The molecule has 0 bridgehead atoms. The first-order valence-corrected chi connectivity index (χ1v) is 11.1. The second-order valence-electron chi connectivity index (χ2n) is 6.22. The SMILES string of the molecule is CS(=O)(=O)N(Cc1ccccc1Cl)c1ccc(C(=O)Nc2ccc(Cl)cn2)cc1. The van der Waals surface area contributed by atoms with E-state index in [0.717, 1.165) is 6.26 Å². The Labute approximate surface area is 179 Å². The number of anilines is 2. The van der Waals surface area contributed by atoms with Gasteiger partial charge >= 0.3 is 0 Å². The Morgan fingerprint density at radius 1 is 1.03 bits per heavy atom. The summed E-state index contributed by atoms with van der Waals surface area (Å²) < 4.78 is 25.9. The Bertz CT molecular complexity index is 1120. The van der Waals surface area contributed by atoms with Crippen LogP contribution >= 0.6 is 23.2 Å². The lowest BCUT2D eigenvalue weighted by Crippen LogP contribution is -2.29. The number of nitrogens with one attached hydrogen (secondary N) is 1. The van der Waals surface area contributed by atoms with E-state index < -0.39 is 10.0 Å². The molecule has 0 atom stereocenters. The molecule has 0 radical (unpaired) electrons. The smallest absolute Gasteiger partial charge is 0.256 e. The molecule has 0 spiro atoms. The van der Waals surface area contributed by atoms with Crippen LogP contribution in [0.4, 0.5) is 11.5 Å². The molecule has 0 aliphatic heterocycles. The molecule has 1 amide bonds. The van der Waals surface area contributed by atoms with Gasteiger partial charge in [-0.3, -0.25) is 9.10 Å². The first kappa shape index (κ1) is 21.1. The van der Waals surface area contributed by atoms with Crippen molar-refractivity contribution in [1.29, 1.82) is 0 Å². The number of sulfonamides is 1. The number of pyridine rings is 1. The van der Waals surface area contributed by atoms with Crippen LogP contribution in [0, 0.1) is 0 Å². The predicted molar refractivity (Wildman–Crippen MR) is 116 cm³/mol. The average Bonchev–Trinajstić information content (AvgIpc) is 2.68. The fraction of sp³-hybridized carbons (Fsp3) is 0.100. The minimum absolute atomic E-state index is 0.0821. The van der Waals surface area contributed by atoms with E-state index in [1.165, 1.54) is 10.5 Å². The number of benzene rings is 2. The minimum atomic E-state index is -3.57. The standard InChI is InChI=1S/C20H17Cl2N3O3S/c1-29(27,28)25(13-15-4-2-3-5-18(15)22)17-9-6-14(7-10-17)20(26)24-19-11-8-16(21)12-23-19/h2-12H,13H2,1H3,(H,23,24,26). The van der Waals surface area contributed by atoms with Gasteiger partial charge in [0.05, 0.1) is 23.5 Å². The van der Waals surface area contributed by atoms with Gasteiger partial charge in [0, 0.05) is 16.8 Å². The van der Waals surface area contributed by atoms with Gasteiger partial charge in [-0.1, -0.05) is 41.4 Å². The molecule has 3 aromatic rings. The van der Waals surface area contributed by atoms with Crippen molar-refractivity contribution in [3.05, 3.63) is 88.0 Å². The van der Waals surface area contributed by atoms with E-state index in [-0.39, 0.29) is 12.5 Å². The van der Waals surface area contributed by atoms with Crippen molar-refractivity contribution >= 4 is 50.6 Å². The predicted octanol–water partition coefficient (Wildman–Crippen LogP) is 4.61. The zero-order chi connectivity index (χ0) is 21.0. The van der Waals surface area contributed by atoms with Crippen molar-refractivity contribution < 1.29 is 13.2 Å². The summed E-state index contributed by atoms with van der Waals surface area (Å²) in [7, 11) is -3.57. The molecule has 0 saturated carbocycles. The second kappa shape index (κ2) is 8.82. The number of halogens is 2. The topological polar surface area (TPSA) is 79.4 Å². The summed E-state index contributed by atoms with van der Waals surface area (Å²) in [6, 6.07) is 16.5. The van der Waals surface area contributed by atoms with Crippen LogP contribution in [0.15, 0.2) is 66.9 Å². The number of hydrogen-bond acceptors (Lipinski definition) is 4. The van der Waals surface area contributed by atoms with Crippen molar-refractivity contribution in [1.82, 2.24) is 4.98 Å². The molecule has 29 heavy (non-hydrogen) atoms. The maximum Gasteiger partial charge on any atom is 0.256 e. The van der Waals surface area contributed by atoms with Gasteiger partial charge in [0.25, 0.3) is 5.91 Å². The number of carbonyl (C=O) groups is 1. The van der Waals surface area contributed by atoms with Crippen molar-refractivity contribution in [3.63, 3.8) is 0 Å². The van der Waals surface area contributed by atoms with E-state index in [9.17, 15) is 13.2 Å². The fourth-order valence-electron chi connectivity index (χ4n) is 2.60. The normalized spacial score (nSPS) is 11.1. The molecule has 1 N–H and O–H groups in total. The first-order valence-electron chi connectivity index (χ1n) is 8.48. The van der Waals surface area contributed by atoms with Gasteiger partial charge < -0.3 is 5.32 Å². The van der Waals surface area contributed by atoms with Crippen molar-refractivity contribution in [3.8, 4) is 0 Å². The number of aromatic nitrogens is 1. The highest BCUT2D eigenvalue weighted by Gasteiger charge is 2.19. The van der Waals surface area contributed by atoms with Crippen LogP contribution in [0.2, 0.25) is 10.0 Å². The van der Waals surface area contributed by atoms with Crippen molar-refractivity contribution in [2.75, 3.05) is 15.9 Å². The van der Waals surface area contributed by atoms with E-state index >= 15 is 0 Å². The highest BCUT2D eigenvalue weighted by atomic mass is 35.5. The Morgan fingerprint density at radius 3 is 2.31 bits per heavy atom. The van der Waals surface area contributed by atoms with Crippen LogP contribution in [0.5, 0.6) is 0 Å². The molecule has 9 heteroatoms. The molecular weight excluding hydrogens is 433 g/mol. The van der Waals surface area contributed by atoms with Crippen molar-refractivity contribution in [2.45, 2.75) is 6.54 Å². The average molecular weight is 450 g/mol. The summed E-state index contributed by atoms with van der Waals surface area (Å²) in [5, 5.41) is 3.60. The number of carbonyl (C=O) groups excluding carboxylic acids is 1. The Morgan fingerprint density at radius 2 is 1.72 bits per heavy atom. The van der Waals surface area contributed by atoms with Gasteiger partial charge in [-0.05, 0) is 48.0 Å². The molecule has 1 aromatic heterocycles. The van der Waals surface area contributed by atoms with Gasteiger partial charge in [0.15, 0.2) is 0 Å². The third-order valence-corrected chi connectivity index (χ3v) is 5.79. The molecule has 0 fully saturated rings. The molecule has 150 valence electrons. The summed E-state index contributed by atoms with van der Waals surface area (Å²) in [5.41, 5.74) is 1.46. The monoisotopic (exact) mass is 449 g/mol. The van der Waals surface area contributed by atoms with E-state index in [1.54, 1.807) is 60.7 Å². The molecule has 2 aromatic carbocycles. The zero-order valence-corrected chi connectivity index (χ0v) is 17.7. The Balaban J connectivity index is 1.81. The lowest BCUT2D eigenvalue weighted by Gasteiger charge is -2.23. The summed E-state index contributed by atoms with van der Waals surface area (Å²) >= 11 is 12.0. The quantitative estimate of drug-likeness (QED) is 0.595. The molecule has 1 heterocycles. The lowest BCUT2D eigenvalue weighted by molar-refractivity contribution is 0.102. The van der Waals surface area contributed by atoms with Crippen LogP contribution in [-0.4, -0.2) is 25.6 Å². The minimum Gasteiger partial charge on any atom is -0.307 e. The zero-order valence-electron chi connectivity index (χ0n) is 15.3. The van der Waals surface area contributed by atoms with Crippen molar-refractivity contribution in [2.24, 2.45) is 0 Å². The van der Waals surface area contributed by atoms with Crippen LogP contribution < -0.4 is 9.62 Å². The first-order chi connectivity index (χ1) is 13.7. The highest BCUT2D eigenvalue weighted by Crippen LogP contribution is 2.24. The molecule has 3 rings (SSSR count). The molecule has 0 aliphatic rings. The summed E-state index contributed by atoms with van der Waals surface area (Å²) in [4.78, 5) is 16.4. The number of nitrogens with zero attached hydrogens (tertiary/aromatic N) is 2. The van der Waals surface area contributed by atoms with E-state index in [2.05, 4.69) is 10.3 Å². The second-order valence-corrected chi connectivity index (χ2v) is 8.97. The third-order valence-electron chi connectivity index (χ3n) is 4.06. The number of amides is 1.